The highest BCUT2D eigenvalue weighted by Gasteiger charge is 2.35. The van der Waals surface area contributed by atoms with Crippen LogP contribution in [-0.2, 0) is 4.74 Å². The number of ether oxygens (including phenoxy) is 1. The molecular formula is C11H21NO2. The number of amides is 1. The second-order valence-corrected chi connectivity index (χ2v) is 5.03. The molecule has 0 aromatic rings. The van der Waals surface area contributed by atoms with Crippen molar-refractivity contribution in [3.63, 3.8) is 0 Å². The summed E-state index contributed by atoms with van der Waals surface area (Å²) in [5.41, 5.74) is 0.218. The number of nitrogens with one attached hydrogen (secondary N) is 1. The molecule has 1 aliphatic carbocycles. The molecule has 3 heteroatoms. The minimum atomic E-state index is -0.278. The molecule has 0 saturated heterocycles. The summed E-state index contributed by atoms with van der Waals surface area (Å²) in [6.45, 7) is 8.11. The van der Waals surface area contributed by atoms with Crippen molar-refractivity contribution in [1.29, 1.82) is 0 Å². The minimum Gasteiger partial charge on any atom is -0.447 e. The smallest absolute Gasteiger partial charge is 0.407 e. The summed E-state index contributed by atoms with van der Waals surface area (Å²) in [4.78, 5) is 11.4. The lowest BCUT2D eigenvalue weighted by Gasteiger charge is -2.27. The fraction of sp³-hybridized carbons (Fsp3) is 0.909. The monoisotopic (exact) mass is 199 g/mol. The zero-order valence-electron chi connectivity index (χ0n) is 9.59. The summed E-state index contributed by atoms with van der Waals surface area (Å²) in [6, 6.07) is 0.272. The van der Waals surface area contributed by atoms with Gasteiger partial charge >= 0.3 is 6.09 Å². The molecule has 82 valence electrons. The molecule has 1 aliphatic rings. The average molecular weight is 199 g/mol. The first-order chi connectivity index (χ1) is 6.42. The van der Waals surface area contributed by atoms with Gasteiger partial charge in [-0.25, -0.2) is 4.79 Å². The van der Waals surface area contributed by atoms with Crippen molar-refractivity contribution in [2.45, 2.75) is 59.1 Å². The fourth-order valence-corrected chi connectivity index (χ4v) is 1.98. The Balaban J connectivity index is 2.40. The van der Waals surface area contributed by atoms with Gasteiger partial charge in [-0.1, -0.05) is 20.3 Å². The summed E-state index contributed by atoms with van der Waals surface area (Å²) in [5, 5.41) is 2.94. The van der Waals surface area contributed by atoms with Gasteiger partial charge in [-0.05, 0) is 32.1 Å². The number of carbonyl (C=O) groups excluding carboxylic acids is 1. The third kappa shape index (κ3) is 2.89. The number of hydrogen-bond donors (Lipinski definition) is 1. The van der Waals surface area contributed by atoms with Gasteiger partial charge in [0.15, 0.2) is 0 Å². The van der Waals surface area contributed by atoms with Gasteiger partial charge in [0.05, 0.1) is 6.10 Å². The van der Waals surface area contributed by atoms with Crippen LogP contribution in [0.1, 0.15) is 47.0 Å². The van der Waals surface area contributed by atoms with Crippen LogP contribution in [0.2, 0.25) is 0 Å². The van der Waals surface area contributed by atoms with Gasteiger partial charge in [0.2, 0.25) is 0 Å². The first-order valence-corrected chi connectivity index (χ1v) is 5.39. The minimum absolute atomic E-state index is 0.0421. The summed E-state index contributed by atoms with van der Waals surface area (Å²) < 4.78 is 5.06. The Kier molecular flexibility index (Phi) is 3.40. The lowest BCUT2D eigenvalue weighted by Crippen LogP contribution is -2.42. The third-order valence-electron chi connectivity index (χ3n) is 2.89. The van der Waals surface area contributed by atoms with Gasteiger partial charge in [-0.2, -0.15) is 0 Å². The molecular weight excluding hydrogens is 178 g/mol. The van der Waals surface area contributed by atoms with E-state index in [1.807, 2.05) is 13.8 Å². The van der Waals surface area contributed by atoms with Crippen LogP contribution in [0, 0.1) is 5.41 Å². The molecule has 1 N–H and O–H groups in total. The van der Waals surface area contributed by atoms with E-state index in [0.717, 1.165) is 6.42 Å². The van der Waals surface area contributed by atoms with Crippen molar-refractivity contribution < 1.29 is 9.53 Å². The van der Waals surface area contributed by atoms with Crippen molar-refractivity contribution in [2.24, 2.45) is 5.41 Å². The van der Waals surface area contributed by atoms with Crippen LogP contribution < -0.4 is 5.32 Å². The van der Waals surface area contributed by atoms with Crippen molar-refractivity contribution in [1.82, 2.24) is 5.32 Å². The molecule has 0 heterocycles. The molecule has 1 fully saturated rings. The Morgan fingerprint density at radius 2 is 2.14 bits per heavy atom. The molecule has 0 aromatic heterocycles. The fourth-order valence-electron chi connectivity index (χ4n) is 1.98. The first kappa shape index (κ1) is 11.3. The van der Waals surface area contributed by atoms with E-state index in [-0.39, 0.29) is 23.7 Å². The SMILES string of the molecule is CC(C)OC(=O)NC1CCCC1(C)C. The van der Waals surface area contributed by atoms with Crippen LogP contribution in [0.5, 0.6) is 0 Å². The second-order valence-electron chi connectivity index (χ2n) is 5.03. The van der Waals surface area contributed by atoms with Crippen LogP contribution in [0.4, 0.5) is 4.79 Å². The summed E-state index contributed by atoms with van der Waals surface area (Å²) in [7, 11) is 0. The van der Waals surface area contributed by atoms with Gasteiger partial charge in [0.25, 0.3) is 0 Å². The maximum atomic E-state index is 11.4. The van der Waals surface area contributed by atoms with Gasteiger partial charge in [-0.15, -0.1) is 0 Å². The number of alkyl carbamates (subject to hydrolysis) is 1. The number of carbonyl (C=O) groups is 1. The van der Waals surface area contributed by atoms with Crippen molar-refractivity contribution in [3.8, 4) is 0 Å². The Labute approximate surface area is 86.2 Å². The lowest BCUT2D eigenvalue weighted by atomic mass is 9.87. The van der Waals surface area contributed by atoms with E-state index in [1.54, 1.807) is 0 Å². The molecule has 0 aliphatic heterocycles. The zero-order chi connectivity index (χ0) is 10.8. The van der Waals surface area contributed by atoms with E-state index in [2.05, 4.69) is 19.2 Å². The third-order valence-corrected chi connectivity index (χ3v) is 2.89. The maximum absolute atomic E-state index is 11.4. The standard InChI is InChI=1S/C11H21NO2/c1-8(2)14-10(13)12-9-6-5-7-11(9,3)4/h8-9H,5-7H2,1-4H3,(H,12,13). The Morgan fingerprint density at radius 3 is 2.57 bits per heavy atom. The molecule has 1 unspecified atom stereocenters. The molecule has 0 radical (unpaired) electrons. The van der Waals surface area contributed by atoms with E-state index in [1.165, 1.54) is 12.8 Å². The zero-order valence-corrected chi connectivity index (χ0v) is 9.59. The van der Waals surface area contributed by atoms with E-state index in [0.29, 0.717) is 0 Å². The number of hydrogen-bond acceptors (Lipinski definition) is 2. The quantitative estimate of drug-likeness (QED) is 0.742. The molecule has 14 heavy (non-hydrogen) atoms. The van der Waals surface area contributed by atoms with E-state index in [4.69, 9.17) is 4.74 Å². The molecule has 1 rings (SSSR count). The summed E-state index contributed by atoms with van der Waals surface area (Å²) in [5.74, 6) is 0. The molecule has 0 spiro atoms. The van der Waals surface area contributed by atoms with E-state index in [9.17, 15) is 4.79 Å². The highest BCUT2D eigenvalue weighted by atomic mass is 16.6. The molecule has 0 bridgehead atoms. The van der Waals surface area contributed by atoms with Crippen LogP contribution in [-0.4, -0.2) is 18.2 Å². The van der Waals surface area contributed by atoms with Crippen LogP contribution in [0.15, 0.2) is 0 Å². The Morgan fingerprint density at radius 1 is 1.50 bits per heavy atom. The largest absolute Gasteiger partial charge is 0.447 e. The van der Waals surface area contributed by atoms with E-state index >= 15 is 0 Å². The average Bonchev–Trinajstić information content (AvgIpc) is 2.29. The molecule has 1 amide bonds. The van der Waals surface area contributed by atoms with Crippen molar-refractivity contribution >= 4 is 6.09 Å². The highest BCUT2D eigenvalue weighted by Crippen LogP contribution is 2.37. The van der Waals surface area contributed by atoms with Gasteiger partial charge in [0.1, 0.15) is 0 Å². The summed E-state index contributed by atoms with van der Waals surface area (Å²) >= 11 is 0. The molecule has 3 nitrogen and oxygen atoms in total. The van der Waals surface area contributed by atoms with E-state index < -0.39 is 0 Å². The van der Waals surface area contributed by atoms with Crippen LogP contribution in [0.3, 0.4) is 0 Å². The Bertz CT molecular complexity index is 211. The summed E-state index contributed by atoms with van der Waals surface area (Å²) in [6.07, 6.45) is 3.12. The van der Waals surface area contributed by atoms with Gasteiger partial charge < -0.3 is 10.1 Å². The second kappa shape index (κ2) is 4.20. The maximum Gasteiger partial charge on any atom is 0.407 e. The van der Waals surface area contributed by atoms with Crippen molar-refractivity contribution in [3.05, 3.63) is 0 Å². The predicted molar refractivity (Wildman–Crippen MR) is 56.2 cm³/mol. The van der Waals surface area contributed by atoms with Crippen LogP contribution in [0.25, 0.3) is 0 Å². The number of rotatable bonds is 2. The van der Waals surface area contributed by atoms with Crippen LogP contribution >= 0.6 is 0 Å². The van der Waals surface area contributed by atoms with Gasteiger partial charge in [0, 0.05) is 6.04 Å². The van der Waals surface area contributed by atoms with Crippen molar-refractivity contribution in [2.75, 3.05) is 0 Å². The highest BCUT2D eigenvalue weighted by molar-refractivity contribution is 5.67. The van der Waals surface area contributed by atoms with Gasteiger partial charge in [-0.3, -0.25) is 0 Å². The molecule has 1 saturated carbocycles. The molecule has 1 atom stereocenters. The molecule has 0 aromatic carbocycles. The predicted octanol–water partition coefficient (Wildman–Crippen LogP) is 2.70. The Hall–Kier alpha value is -0.730. The topological polar surface area (TPSA) is 38.3 Å². The first-order valence-electron chi connectivity index (χ1n) is 5.39. The normalized spacial score (nSPS) is 25.1. The lowest BCUT2D eigenvalue weighted by molar-refractivity contribution is 0.106.